The number of halogens is 1. The van der Waals surface area contributed by atoms with E-state index in [9.17, 15) is 4.79 Å². The van der Waals surface area contributed by atoms with Crippen molar-refractivity contribution in [3.8, 4) is 11.1 Å². The molecule has 2 aromatic rings. The number of amides is 1. The van der Waals surface area contributed by atoms with Crippen LogP contribution in [-0.4, -0.2) is 16.1 Å². The molecule has 0 fully saturated rings. The summed E-state index contributed by atoms with van der Waals surface area (Å²) in [6, 6.07) is 8.90. The number of aryl methyl sites for hydroxylation is 1. The molecule has 4 nitrogen and oxygen atoms in total. The van der Waals surface area contributed by atoms with Gasteiger partial charge < -0.3 is 0 Å². The average Bonchev–Trinajstić information content (AvgIpc) is 2.39. The van der Waals surface area contributed by atoms with Crippen LogP contribution in [0.2, 0.25) is 5.02 Å². The van der Waals surface area contributed by atoms with Crippen molar-refractivity contribution in [2.75, 3.05) is 0 Å². The Bertz CT molecular complexity index is 582. The molecule has 0 saturated carbocycles. The Morgan fingerprint density at radius 1 is 1.28 bits per heavy atom. The zero-order valence-corrected chi connectivity index (χ0v) is 10.4. The van der Waals surface area contributed by atoms with Crippen LogP contribution in [-0.2, 0) is 0 Å². The van der Waals surface area contributed by atoms with Gasteiger partial charge in [0.1, 0.15) is 0 Å². The number of hydroxylamine groups is 1. The van der Waals surface area contributed by atoms with E-state index in [0.29, 0.717) is 16.3 Å². The number of benzene rings is 1. The van der Waals surface area contributed by atoms with Crippen LogP contribution in [0, 0.1) is 6.92 Å². The second kappa shape index (κ2) is 5.16. The van der Waals surface area contributed by atoms with Gasteiger partial charge in [-0.1, -0.05) is 23.7 Å². The number of carbonyl (C=O) groups excluding carboxylic acids is 1. The monoisotopic (exact) mass is 262 g/mol. The Morgan fingerprint density at radius 3 is 2.56 bits per heavy atom. The van der Waals surface area contributed by atoms with Crippen LogP contribution in [0.3, 0.4) is 0 Å². The van der Waals surface area contributed by atoms with Gasteiger partial charge in [0.25, 0.3) is 5.91 Å². The van der Waals surface area contributed by atoms with Crippen molar-refractivity contribution >= 4 is 17.5 Å². The van der Waals surface area contributed by atoms with Gasteiger partial charge in [0.05, 0.1) is 11.3 Å². The summed E-state index contributed by atoms with van der Waals surface area (Å²) in [5, 5.41) is 9.31. The van der Waals surface area contributed by atoms with Crippen LogP contribution in [0.15, 0.2) is 36.5 Å². The lowest BCUT2D eigenvalue weighted by Gasteiger charge is -2.07. The molecule has 0 unspecified atom stereocenters. The van der Waals surface area contributed by atoms with Crippen LogP contribution < -0.4 is 5.48 Å². The van der Waals surface area contributed by atoms with Crippen LogP contribution in [0.5, 0.6) is 0 Å². The van der Waals surface area contributed by atoms with Gasteiger partial charge in [-0.05, 0) is 30.7 Å². The van der Waals surface area contributed by atoms with E-state index >= 15 is 0 Å². The highest BCUT2D eigenvalue weighted by Crippen LogP contribution is 2.22. The van der Waals surface area contributed by atoms with Crippen LogP contribution in [0.1, 0.15) is 16.1 Å². The van der Waals surface area contributed by atoms with E-state index in [4.69, 9.17) is 16.8 Å². The number of carbonyl (C=O) groups is 1. The molecule has 1 aromatic heterocycles. The molecule has 0 saturated heterocycles. The number of nitrogens with one attached hydrogen (secondary N) is 1. The molecule has 0 radical (unpaired) electrons. The highest BCUT2D eigenvalue weighted by Gasteiger charge is 2.10. The third kappa shape index (κ3) is 2.50. The molecular weight excluding hydrogens is 252 g/mol. The molecule has 1 amide bonds. The first-order valence-corrected chi connectivity index (χ1v) is 5.66. The van der Waals surface area contributed by atoms with Gasteiger partial charge in [-0.2, -0.15) is 0 Å². The predicted molar refractivity (Wildman–Crippen MR) is 68.7 cm³/mol. The maximum Gasteiger partial charge on any atom is 0.276 e. The Kier molecular flexibility index (Phi) is 3.60. The minimum Gasteiger partial charge on any atom is -0.288 e. The van der Waals surface area contributed by atoms with Crippen molar-refractivity contribution in [3.63, 3.8) is 0 Å². The predicted octanol–water partition coefficient (Wildman–Crippen LogP) is 2.83. The molecule has 0 aliphatic carbocycles. The first-order chi connectivity index (χ1) is 8.61. The lowest BCUT2D eigenvalue weighted by molar-refractivity contribution is 0.0705. The summed E-state index contributed by atoms with van der Waals surface area (Å²) in [4.78, 5) is 15.6. The number of hydrogen-bond donors (Lipinski definition) is 2. The third-order valence-electron chi connectivity index (χ3n) is 2.61. The van der Waals surface area contributed by atoms with Crippen molar-refractivity contribution in [2.24, 2.45) is 0 Å². The standard InChI is InChI=1S/C13H11ClN2O2/c1-8-12(13(17)16-18)6-10(7-15-8)9-2-4-11(14)5-3-9/h2-7,18H,1H3,(H,16,17). The summed E-state index contributed by atoms with van der Waals surface area (Å²) in [6.45, 7) is 1.70. The summed E-state index contributed by atoms with van der Waals surface area (Å²) in [7, 11) is 0. The molecule has 2 N–H and O–H groups in total. The lowest BCUT2D eigenvalue weighted by atomic mass is 10.0. The molecule has 0 atom stereocenters. The molecule has 1 heterocycles. The molecule has 18 heavy (non-hydrogen) atoms. The van der Waals surface area contributed by atoms with E-state index < -0.39 is 5.91 Å². The van der Waals surface area contributed by atoms with Gasteiger partial charge in [0.2, 0.25) is 0 Å². The number of rotatable bonds is 2. The molecule has 2 rings (SSSR count). The molecule has 5 heteroatoms. The summed E-state index contributed by atoms with van der Waals surface area (Å²) in [6.07, 6.45) is 1.67. The van der Waals surface area contributed by atoms with Crippen molar-refractivity contribution < 1.29 is 10.0 Å². The van der Waals surface area contributed by atoms with E-state index in [2.05, 4.69) is 4.98 Å². The fourth-order valence-electron chi connectivity index (χ4n) is 1.62. The van der Waals surface area contributed by atoms with Gasteiger partial charge in [0.15, 0.2) is 0 Å². The van der Waals surface area contributed by atoms with E-state index in [1.807, 2.05) is 12.1 Å². The van der Waals surface area contributed by atoms with E-state index in [-0.39, 0.29) is 0 Å². The van der Waals surface area contributed by atoms with Gasteiger partial charge >= 0.3 is 0 Å². The third-order valence-corrected chi connectivity index (χ3v) is 2.86. The van der Waals surface area contributed by atoms with Gasteiger partial charge in [0, 0.05) is 16.8 Å². The maximum absolute atomic E-state index is 11.4. The zero-order chi connectivity index (χ0) is 13.1. The first-order valence-electron chi connectivity index (χ1n) is 5.29. The highest BCUT2D eigenvalue weighted by atomic mass is 35.5. The normalized spacial score (nSPS) is 10.2. The molecule has 0 spiro atoms. The first kappa shape index (κ1) is 12.5. The molecule has 92 valence electrons. The van der Waals surface area contributed by atoms with Crippen LogP contribution in [0.25, 0.3) is 11.1 Å². The molecular formula is C13H11ClN2O2. The Morgan fingerprint density at radius 2 is 1.94 bits per heavy atom. The largest absolute Gasteiger partial charge is 0.288 e. The number of aromatic nitrogens is 1. The summed E-state index contributed by atoms with van der Waals surface area (Å²) < 4.78 is 0. The topological polar surface area (TPSA) is 62.2 Å². The number of hydrogen-bond acceptors (Lipinski definition) is 3. The van der Waals surface area contributed by atoms with Gasteiger partial charge in [-0.15, -0.1) is 0 Å². The number of pyridine rings is 1. The Labute approximate surface area is 109 Å². The second-order valence-corrected chi connectivity index (χ2v) is 4.24. The minimum atomic E-state index is -0.573. The fraction of sp³-hybridized carbons (Fsp3) is 0.0769. The zero-order valence-electron chi connectivity index (χ0n) is 9.64. The minimum absolute atomic E-state index is 0.338. The fourth-order valence-corrected chi connectivity index (χ4v) is 1.75. The summed E-state index contributed by atoms with van der Waals surface area (Å²) in [5.41, 5.74) is 4.19. The Balaban J connectivity index is 2.46. The molecule has 1 aromatic carbocycles. The second-order valence-electron chi connectivity index (χ2n) is 3.80. The van der Waals surface area contributed by atoms with Crippen LogP contribution >= 0.6 is 11.6 Å². The SMILES string of the molecule is Cc1ncc(-c2ccc(Cl)cc2)cc1C(=O)NO. The van der Waals surface area contributed by atoms with Crippen molar-refractivity contribution in [3.05, 3.63) is 52.8 Å². The van der Waals surface area contributed by atoms with E-state index in [1.165, 1.54) is 0 Å². The summed E-state index contributed by atoms with van der Waals surface area (Å²) in [5.74, 6) is -0.573. The van der Waals surface area contributed by atoms with Gasteiger partial charge in [-0.3, -0.25) is 15.0 Å². The molecule has 0 bridgehead atoms. The highest BCUT2D eigenvalue weighted by molar-refractivity contribution is 6.30. The number of nitrogens with zero attached hydrogens (tertiary/aromatic N) is 1. The van der Waals surface area contributed by atoms with Crippen molar-refractivity contribution in [2.45, 2.75) is 6.92 Å². The lowest BCUT2D eigenvalue weighted by Crippen LogP contribution is -2.20. The van der Waals surface area contributed by atoms with Crippen LogP contribution in [0.4, 0.5) is 0 Å². The quantitative estimate of drug-likeness (QED) is 0.646. The average molecular weight is 263 g/mol. The maximum atomic E-state index is 11.4. The Hall–Kier alpha value is -1.91. The van der Waals surface area contributed by atoms with E-state index in [0.717, 1.165) is 11.1 Å². The van der Waals surface area contributed by atoms with Crippen molar-refractivity contribution in [1.82, 2.24) is 10.5 Å². The molecule has 0 aliphatic rings. The summed E-state index contributed by atoms with van der Waals surface area (Å²) >= 11 is 5.82. The molecule has 0 aliphatic heterocycles. The van der Waals surface area contributed by atoms with E-state index in [1.54, 1.807) is 36.8 Å². The van der Waals surface area contributed by atoms with Crippen molar-refractivity contribution in [1.29, 1.82) is 0 Å². The van der Waals surface area contributed by atoms with Gasteiger partial charge in [-0.25, -0.2) is 5.48 Å². The smallest absolute Gasteiger partial charge is 0.276 e.